The summed E-state index contributed by atoms with van der Waals surface area (Å²) in [6.45, 7) is 2.06. The van der Waals surface area contributed by atoms with Gasteiger partial charge < -0.3 is 9.52 Å². The standard InChI is InChI=1S/C21H17NO3/c1-2-5-15-17(23)11-9-13-8-10-16(22-21(13)15)20-12-18(24)14-6-3-4-7-19(14)25-20/h3-4,6-12,23H,2,5H2,1H3. The Hall–Kier alpha value is -3.14. The Morgan fingerprint density at radius 3 is 2.72 bits per heavy atom. The number of benzene rings is 2. The van der Waals surface area contributed by atoms with Crippen LogP contribution in [0.25, 0.3) is 33.3 Å². The fraction of sp³-hybridized carbons (Fsp3) is 0.143. The van der Waals surface area contributed by atoms with Crippen LogP contribution < -0.4 is 5.43 Å². The number of phenols is 1. The van der Waals surface area contributed by atoms with E-state index in [-0.39, 0.29) is 11.2 Å². The maximum Gasteiger partial charge on any atom is 0.193 e. The van der Waals surface area contributed by atoms with Crippen LogP contribution in [0.4, 0.5) is 0 Å². The minimum Gasteiger partial charge on any atom is -0.508 e. The van der Waals surface area contributed by atoms with Gasteiger partial charge in [-0.05, 0) is 36.8 Å². The molecule has 2 aromatic carbocycles. The van der Waals surface area contributed by atoms with Gasteiger partial charge in [0.25, 0.3) is 0 Å². The third-order valence-electron chi connectivity index (χ3n) is 4.33. The lowest BCUT2D eigenvalue weighted by Crippen LogP contribution is -2.01. The summed E-state index contributed by atoms with van der Waals surface area (Å²) in [6, 6.07) is 16.0. The molecule has 0 saturated carbocycles. The summed E-state index contributed by atoms with van der Waals surface area (Å²) in [4.78, 5) is 17.0. The Balaban J connectivity index is 1.95. The summed E-state index contributed by atoms with van der Waals surface area (Å²) in [5, 5.41) is 11.7. The lowest BCUT2D eigenvalue weighted by atomic mass is 10.0. The van der Waals surface area contributed by atoms with E-state index in [1.807, 2.05) is 30.3 Å². The predicted octanol–water partition coefficient (Wildman–Crippen LogP) is 4.67. The number of phenolic OH excluding ortho intramolecular Hbond substituents is 1. The van der Waals surface area contributed by atoms with Crippen molar-refractivity contribution in [3.8, 4) is 17.2 Å². The van der Waals surface area contributed by atoms with E-state index in [0.29, 0.717) is 22.4 Å². The second-order valence-electron chi connectivity index (χ2n) is 6.05. The number of aryl methyl sites for hydroxylation is 1. The molecule has 0 unspecified atom stereocenters. The average Bonchev–Trinajstić information content (AvgIpc) is 2.64. The van der Waals surface area contributed by atoms with Crippen molar-refractivity contribution in [3.63, 3.8) is 0 Å². The highest BCUT2D eigenvalue weighted by Gasteiger charge is 2.12. The van der Waals surface area contributed by atoms with Crippen molar-refractivity contribution in [2.75, 3.05) is 0 Å². The highest BCUT2D eigenvalue weighted by molar-refractivity contribution is 5.86. The van der Waals surface area contributed by atoms with E-state index in [4.69, 9.17) is 4.42 Å². The molecule has 0 aliphatic carbocycles. The van der Waals surface area contributed by atoms with Gasteiger partial charge in [0.1, 0.15) is 17.0 Å². The molecule has 4 rings (SSSR count). The smallest absolute Gasteiger partial charge is 0.193 e. The lowest BCUT2D eigenvalue weighted by molar-refractivity contribution is 0.468. The van der Waals surface area contributed by atoms with Crippen molar-refractivity contribution in [1.29, 1.82) is 0 Å². The predicted molar refractivity (Wildman–Crippen MR) is 98.9 cm³/mol. The summed E-state index contributed by atoms with van der Waals surface area (Å²) >= 11 is 0. The molecule has 0 amide bonds. The Labute approximate surface area is 144 Å². The van der Waals surface area contributed by atoms with Crippen LogP contribution >= 0.6 is 0 Å². The monoisotopic (exact) mass is 331 g/mol. The molecule has 4 aromatic rings. The molecule has 0 bridgehead atoms. The zero-order valence-electron chi connectivity index (χ0n) is 13.8. The van der Waals surface area contributed by atoms with E-state index >= 15 is 0 Å². The maximum atomic E-state index is 12.3. The van der Waals surface area contributed by atoms with E-state index in [2.05, 4.69) is 11.9 Å². The Bertz CT molecular complexity index is 1140. The normalized spacial score (nSPS) is 11.2. The first kappa shape index (κ1) is 15.4. The molecule has 0 saturated heterocycles. The summed E-state index contributed by atoms with van der Waals surface area (Å²) < 4.78 is 5.88. The van der Waals surface area contributed by atoms with Crippen LogP contribution in [0.5, 0.6) is 5.75 Å². The largest absolute Gasteiger partial charge is 0.508 e. The Morgan fingerprint density at radius 1 is 1.08 bits per heavy atom. The second-order valence-corrected chi connectivity index (χ2v) is 6.05. The molecule has 4 nitrogen and oxygen atoms in total. The molecule has 124 valence electrons. The SMILES string of the molecule is CCCc1c(O)ccc2ccc(-c3cc(=O)c4ccccc4o3)nc12. The first-order valence-electron chi connectivity index (χ1n) is 8.32. The van der Waals surface area contributed by atoms with E-state index in [0.717, 1.165) is 29.3 Å². The zero-order chi connectivity index (χ0) is 17.4. The Kier molecular flexibility index (Phi) is 3.73. The zero-order valence-corrected chi connectivity index (χ0v) is 13.8. The number of nitrogens with zero attached hydrogens (tertiary/aromatic N) is 1. The first-order valence-corrected chi connectivity index (χ1v) is 8.32. The van der Waals surface area contributed by atoms with E-state index in [1.54, 1.807) is 18.2 Å². The third kappa shape index (κ3) is 2.66. The van der Waals surface area contributed by atoms with Gasteiger partial charge in [-0.25, -0.2) is 4.98 Å². The van der Waals surface area contributed by atoms with Gasteiger partial charge >= 0.3 is 0 Å². The lowest BCUT2D eigenvalue weighted by Gasteiger charge is -2.09. The third-order valence-corrected chi connectivity index (χ3v) is 4.33. The van der Waals surface area contributed by atoms with Crippen LogP contribution in [-0.4, -0.2) is 10.1 Å². The molecule has 1 N–H and O–H groups in total. The minimum atomic E-state index is -0.0940. The first-order chi connectivity index (χ1) is 12.2. The van der Waals surface area contributed by atoms with Crippen LogP contribution in [0.3, 0.4) is 0 Å². The number of fused-ring (bicyclic) bond motifs is 2. The van der Waals surface area contributed by atoms with Crippen molar-refractivity contribution < 1.29 is 9.52 Å². The van der Waals surface area contributed by atoms with Crippen LogP contribution in [0.2, 0.25) is 0 Å². The van der Waals surface area contributed by atoms with Crippen LogP contribution in [0, 0.1) is 0 Å². The van der Waals surface area contributed by atoms with Crippen molar-refractivity contribution in [2.24, 2.45) is 0 Å². The van der Waals surface area contributed by atoms with Gasteiger partial charge in [0.15, 0.2) is 11.2 Å². The molecule has 4 heteroatoms. The second kappa shape index (κ2) is 6.06. The van der Waals surface area contributed by atoms with Gasteiger partial charge in [0.05, 0.1) is 10.9 Å². The van der Waals surface area contributed by atoms with Crippen molar-refractivity contribution in [2.45, 2.75) is 19.8 Å². The molecule has 0 radical (unpaired) electrons. The number of rotatable bonds is 3. The van der Waals surface area contributed by atoms with Gasteiger partial charge in [-0.2, -0.15) is 0 Å². The molecule has 0 atom stereocenters. The van der Waals surface area contributed by atoms with Crippen molar-refractivity contribution in [1.82, 2.24) is 4.98 Å². The van der Waals surface area contributed by atoms with Crippen molar-refractivity contribution in [3.05, 3.63) is 70.4 Å². The number of aromatic nitrogens is 1. The van der Waals surface area contributed by atoms with Gasteiger partial charge in [-0.1, -0.05) is 31.5 Å². The highest BCUT2D eigenvalue weighted by atomic mass is 16.3. The topological polar surface area (TPSA) is 63.3 Å². The van der Waals surface area contributed by atoms with Crippen LogP contribution in [0.15, 0.2) is 63.8 Å². The van der Waals surface area contributed by atoms with Crippen molar-refractivity contribution >= 4 is 21.9 Å². The molecular formula is C21H17NO3. The molecule has 0 spiro atoms. The van der Waals surface area contributed by atoms with E-state index in [9.17, 15) is 9.90 Å². The van der Waals surface area contributed by atoms with E-state index < -0.39 is 0 Å². The number of aromatic hydroxyl groups is 1. The number of pyridine rings is 1. The molecule has 25 heavy (non-hydrogen) atoms. The average molecular weight is 331 g/mol. The summed E-state index contributed by atoms with van der Waals surface area (Å²) in [5.74, 6) is 0.676. The molecule has 2 aromatic heterocycles. The van der Waals surface area contributed by atoms with Crippen LogP contribution in [-0.2, 0) is 6.42 Å². The Morgan fingerprint density at radius 2 is 1.88 bits per heavy atom. The van der Waals surface area contributed by atoms with Gasteiger partial charge in [-0.3, -0.25) is 4.79 Å². The van der Waals surface area contributed by atoms with Gasteiger partial charge in [-0.15, -0.1) is 0 Å². The number of hydrogen-bond donors (Lipinski definition) is 1. The number of para-hydroxylation sites is 1. The number of hydrogen-bond acceptors (Lipinski definition) is 4. The molecule has 2 heterocycles. The fourth-order valence-electron chi connectivity index (χ4n) is 3.10. The summed E-state index contributed by atoms with van der Waals surface area (Å²) in [6.07, 6.45) is 1.64. The minimum absolute atomic E-state index is 0.0940. The summed E-state index contributed by atoms with van der Waals surface area (Å²) in [7, 11) is 0. The highest BCUT2D eigenvalue weighted by Crippen LogP contribution is 2.29. The fourth-order valence-corrected chi connectivity index (χ4v) is 3.10. The van der Waals surface area contributed by atoms with Gasteiger partial charge in [0, 0.05) is 17.0 Å². The van der Waals surface area contributed by atoms with E-state index in [1.165, 1.54) is 6.07 Å². The molecular weight excluding hydrogens is 314 g/mol. The van der Waals surface area contributed by atoms with Gasteiger partial charge in [0.2, 0.25) is 0 Å². The molecule has 0 aliphatic rings. The maximum absolute atomic E-state index is 12.3. The summed E-state index contributed by atoms with van der Waals surface area (Å²) in [5.41, 5.74) is 2.60. The molecule has 0 aliphatic heterocycles. The molecule has 0 fully saturated rings. The quantitative estimate of drug-likeness (QED) is 0.593. The van der Waals surface area contributed by atoms with Crippen LogP contribution in [0.1, 0.15) is 18.9 Å².